The van der Waals surface area contributed by atoms with E-state index in [4.69, 9.17) is 23.2 Å². The first kappa shape index (κ1) is 10.5. The highest BCUT2D eigenvalue weighted by Crippen LogP contribution is 2.38. The molecule has 0 spiro atoms. The minimum Gasteiger partial charge on any atom is -0.309 e. The minimum atomic E-state index is -1.15. The second-order valence-electron chi connectivity index (χ2n) is 4.12. The van der Waals surface area contributed by atoms with Crippen molar-refractivity contribution in [3.8, 4) is 0 Å². The molecule has 1 atom stereocenters. The highest BCUT2D eigenvalue weighted by atomic mass is 35.5. The third kappa shape index (κ3) is 2.02. The van der Waals surface area contributed by atoms with E-state index >= 15 is 0 Å². The predicted molar refractivity (Wildman–Crippen MR) is 55.1 cm³/mol. The fraction of sp³-hybridized carbons (Fsp3) is 0.625. The predicted octanol–water partition coefficient (Wildman–Crippen LogP) is 0.686. The van der Waals surface area contributed by atoms with Crippen LogP contribution in [-0.2, 0) is 0 Å². The zero-order chi connectivity index (χ0) is 10.3. The summed E-state index contributed by atoms with van der Waals surface area (Å²) in [5.74, 6) is 5.74. The Balaban J connectivity index is 3.04. The number of nitrogens with two attached hydrogens (primary N) is 2. The smallest absolute Gasteiger partial charge is 0.209 e. The number of halogens is 1. The number of hydrogen-bond acceptors (Lipinski definition) is 4. The number of rotatable bonds is 0. The van der Waals surface area contributed by atoms with Gasteiger partial charge >= 0.3 is 0 Å². The van der Waals surface area contributed by atoms with E-state index in [2.05, 4.69) is 10.4 Å². The van der Waals surface area contributed by atoms with E-state index in [1.54, 1.807) is 6.08 Å². The number of nitrogens with one attached hydrogen (secondary N) is 1. The van der Waals surface area contributed by atoms with Gasteiger partial charge in [0.15, 0.2) is 0 Å². The SMILES string of the molecule is CC(C)(C)C1=CC(NN)=N[C@]1(N)Cl. The van der Waals surface area contributed by atoms with Crippen molar-refractivity contribution in [2.45, 2.75) is 25.9 Å². The van der Waals surface area contributed by atoms with E-state index in [0.29, 0.717) is 5.84 Å². The molecule has 0 aliphatic carbocycles. The van der Waals surface area contributed by atoms with Crippen LogP contribution in [0.4, 0.5) is 0 Å². The molecule has 0 aromatic heterocycles. The Morgan fingerprint density at radius 3 is 2.31 bits per heavy atom. The first-order valence-corrected chi connectivity index (χ1v) is 4.42. The number of aliphatic imine (C=N–C) groups is 1. The maximum atomic E-state index is 6.02. The van der Waals surface area contributed by atoms with Gasteiger partial charge in [-0.25, -0.2) is 10.8 Å². The first-order valence-electron chi connectivity index (χ1n) is 4.04. The molecule has 0 bridgehead atoms. The largest absolute Gasteiger partial charge is 0.309 e. The molecule has 74 valence electrons. The molecule has 13 heavy (non-hydrogen) atoms. The second-order valence-corrected chi connectivity index (χ2v) is 4.70. The Kier molecular flexibility index (Phi) is 2.40. The molecular weight excluding hydrogens is 188 g/mol. The average molecular weight is 203 g/mol. The summed E-state index contributed by atoms with van der Waals surface area (Å²) in [5.41, 5.74) is 8.96. The molecule has 1 heterocycles. The van der Waals surface area contributed by atoms with Crippen molar-refractivity contribution < 1.29 is 0 Å². The van der Waals surface area contributed by atoms with Gasteiger partial charge in [0, 0.05) is 0 Å². The normalized spacial score (nSPS) is 28.5. The molecule has 5 N–H and O–H groups in total. The van der Waals surface area contributed by atoms with Crippen LogP contribution in [-0.4, -0.2) is 11.0 Å². The second kappa shape index (κ2) is 2.97. The molecule has 1 rings (SSSR count). The van der Waals surface area contributed by atoms with Crippen LogP contribution in [0.3, 0.4) is 0 Å². The summed E-state index contributed by atoms with van der Waals surface area (Å²) in [4.78, 5) is 4.02. The van der Waals surface area contributed by atoms with Crippen molar-refractivity contribution in [2.75, 3.05) is 0 Å². The fourth-order valence-corrected chi connectivity index (χ4v) is 1.75. The standard InChI is InChI=1S/C8H15ClN4/c1-7(2,3)5-4-6(13-11)12-8(5,9)10/h4H,10-11H2,1-3H3,(H,12,13)/t8-/m0/s1. The molecule has 0 unspecified atom stereocenters. The minimum absolute atomic E-state index is 0.113. The Hall–Kier alpha value is -0.580. The molecule has 0 radical (unpaired) electrons. The van der Waals surface area contributed by atoms with Crippen molar-refractivity contribution in [3.05, 3.63) is 11.6 Å². The Bertz CT molecular complexity index is 272. The van der Waals surface area contributed by atoms with Gasteiger partial charge in [-0.2, -0.15) is 0 Å². The van der Waals surface area contributed by atoms with Crippen LogP contribution in [0.15, 0.2) is 16.6 Å². The molecule has 0 aromatic carbocycles. The van der Waals surface area contributed by atoms with Gasteiger partial charge < -0.3 is 5.43 Å². The number of nitrogens with zero attached hydrogens (tertiary/aromatic N) is 1. The fourth-order valence-electron chi connectivity index (χ4n) is 1.32. The summed E-state index contributed by atoms with van der Waals surface area (Å²) in [7, 11) is 0. The molecule has 4 nitrogen and oxygen atoms in total. The summed E-state index contributed by atoms with van der Waals surface area (Å²) in [6, 6.07) is 0. The van der Waals surface area contributed by atoms with Crippen LogP contribution >= 0.6 is 11.6 Å². The molecule has 0 saturated carbocycles. The van der Waals surface area contributed by atoms with Crippen molar-refractivity contribution in [1.82, 2.24) is 5.43 Å². The van der Waals surface area contributed by atoms with E-state index in [0.717, 1.165) is 5.57 Å². The monoisotopic (exact) mass is 202 g/mol. The van der Waals surface area contributed by atoms with Crippen LogP contribution < -0.4 is 17.0 Å². The van der Waals surface area contributed by atoms with Gasteiger partial charge in [0.2, 0.25) is 5.12 Å². The van der Waals surface area contributed by atoms with Gasteiger partial charge in [-0.3, -0.25) is 5.73 Å². The summed E-state index contributed by atoms with van der Waals surface area (Å²) < 4.78 is 0. The Labute approximate surface area is 83.0 Å². The lowest BCUT2D eigenvalue weighted by molar-refractivity contribution is 0.453. The maximum absolute atomic E-state index is 6.02. The maximum Gasteiger partial charge on any atom is 0.209 e. The van der Waals surface area contributed by atoms with Crippen molar-refractivity contribution in [3.63, 3.8) is 0 Å². The van der Waals surface area contributed by atoms with Gasteiger partial charge in [-0.05, 0) is 17.1 Å². The number of amidine groups is 1. The van der Waals surface area contributed by atoms with Gasteiger partial charge in [0.1, 0.15) is 5.84 Å². The highest BCUT2D eigenvalue weighted by molar-refractivity contribution is 6.27. The van der Waals surface area contributed by atoms with Crippen LogP contribution in [0.1, 0.15) is 20.8 Å². The van der Waals surface area contributed by atoms with Crippen LogP contribution in [0.5, 0.6) is 0 Å². The van der Waals surface area contributed by atoms with Crippen molar-refractivity contribution in [2.24, 2.45) is 22.0 Å². The first-order chi connectivity index (χ1) is 5.77. The van der Waals surface area contributed by atoms with Crippen molar-refractivity contribution in [1.29, 1.82) is 0 Å². The van der Waals surface area contributed by atoms with Gasteiger partial charge in [-0.15, -0.1) is 0 Å². The van der Waals surface area contributed by atoms with Crippen molar-refractivity contribution >= 4 is 17.4 Å². The third-order valence-corrected chi connectivity index (χ3v) is 2.19. The van der Waals surface area contributed by atoms with Crippen LogP contribution in [0, 0.1) is 5.41 Å². The van der Waals surface area contributed by atoms with E-state index in [1.807, 2.05) is 20.8 Å². The number of alkyl halides is 1. The van der Waals surface area contributed by atoms with Gasteiger partial charge in [-0.1, -0.05) is 32.4 Å². The Morgan fingerprint density at radius 1 is 1.54 bits per heavy atom. The number of hydrogen-bond donors (Lipinski definition) is 3. The molecule has 1 aliphatic rings. The zero-order valence-corrected chi connectivity index (χ0v) is 8.81. The zero-order valence-electron chi connectivity index (χ0n) is 8.06. The van der Waals surface area contributed by atoms with E-state index in [9.17, 15) is 0 Å². The molecule has 0 saturated heterocycles. The summed E-state index contributed by atoms with van der Waals surface area (Å²) >= 11 is 6.02. The molecule has 0 aromatic rings. The molecule has 0 amide bonds. The topological polar surface area (TPSA) is 76.4 Å². The lowest BCUT2D eigenvalue weighted by Gasteiger charge is -2.28. The molecule has 5 heteroatoms. The summed E-state index contributed by atoms with van der Waals surface area (Å²) in [5, 5.41) is -1.15. The lowest BCUT2D eigenvalue weighted by atomic mass is 9.85. The van der Waals surface area contributed by atoms with E-state index < -0.39 is 5.12 Å². The Morgan fingerprint density at radius 2 is 2.08 bits per heavy atom. The summed E-state index contributed by atoms with van der Waals surface area (Å²) in [6.07, 6.45) is 1.78. The van der Waals surface area contributed by atoms with E-state index in [-0.39, 0.29) is 5.41 Å². The highest BCUT2D eigenvalue weighted by Gasteiger charge is 2.38. The van der Waals surface area contributed by atoms with Crippen LogP contribution in [0.25, 0.3) is 0 Å². The summed E-state index contributed by atoms with van der Waals surface area (Å²) in [6.45, 7) is 6.08. The van der Waals surface area contributed by atoms with Crippen LogP contribution in [0.2, 0.25) is 0 Å². The van der Waals surface area contributed by atoms with Gasteiger partial charge in [0.05, 0.1) is 0 Å². The van der Waals surface area contributed by atoms with E-state index in [1.165, 1.54) is 0 Å². The quantitative estimate of drug-likeness (QED) is 0.234. The average Bonchev–Trinajstić information content (AvgIpc) is 2.24. The lowest BCUT2D eigenvalue weighted by Crippen LogP contribution is -2.37. The number of hydrazine groups is 1. The molecule has 1 aliphatic heterocycles. The third-order valence-electron chi connectivity index (χ3n) is 1.90. The molecular formula is C8H15ClN4. The van der Waals surface area contributed by atoms with Gasteiger partial charge in [0.25, 0.3) is 0 Å². The molecule has 0 fully saturated rings.